The van der Waals surface area contributed by atoms with Crippen molar-refractivity contribution in [2.24, 2.45) is 0 Å². The fraction of sp³-hybridized carbons (Fsp3) is 0.500. The highest BCUT2D eigenvalue weighted by atomic mass is 16.3. The molecule has 1 aromatic heterocycles. The number of nitrogens with one attached hydrogen (secondary N) is 1. The van der Waals surface area contributed by atoms with Crippen LogP contribution in [0.25, 0.3) is 0 Å². The van der Waals surface area contributed by atoms with Crippen LogP contribution < -0.4 is 5.32 Å². The molecule has 0 saturated carbocycles. The molecule has 13 heavy (non-hydrogen) atoms. The lowest BCUT2D eigenvalue weighted by molar-refractivity contribution is 0.282. The minimum absolute atomic E-state index is 0.0568. The molecule has 1 atom stereocenters. The fourth-order valence-corrected chi connectivity index (χ4v) is 1.06. The van der Waals surface area contributed by atoms with E-state index in [4.69, 9.17) is 5.11 Å². The van der Waals surface area contributed by atoms with Crippen molar-refractivity contribution in [1.82, 2.24) is 4.98 Å². The van der Waals surface area contributed by atoms with Gasteiger partial charge in [0.2, 0.25) is 0 Å². The van der Waals surface area contributed by atoms with Crippen LogP contribution >= 0.6 is 0 Å². The Bertz CT molecular complexity index is 263. The average Bonchev–Trinajstić information content (AvgIpc) is 2.18. The molecule has 1 heterocycles. The van der Waals surface area contributed by atoms with Gasteiger partial charge in [-0.1, -0.05) is 6.92 Å². The molecule has 0 saturated heterocycles. The first-order valence-electron chi connectivity index (χ1n) is 4.58. The predicted octanol–water partition coefficient (Wildman–Crippen LogP) is 1.78. The summed E-state index contributed by atoms with van der Waals surface area (Å²) in [5, 5.41) is 12.3. The van der Waals surface area contributed by atoms with Crippen molar-refractivity contribution >= 4 is 5.69 Å². The number of aliphatic hydroxyl groups is 1. The number of pyridine rings is 1. The van der Waals surface area contributed by atoms with Crippen LogP contribution in [0.3, 0.4) is 0 Å². The van der Waals surface area contributed by atoms with Crippen molar-refractivity contribution in [3.8, 4) is 0 Å². The van der Waals surface area contributed by atoms with Crippen LogP contribution in [0, 0.1) is 0 Å². The van der Waals surface area contributed by atoms with Gasteiger partial charge in [-0.3, -0.25) is 4.98 Å². The minimum Gasteiger partial charge on any atom is -0.392 e. The topological polar surface area (TPSA) is 45.2 Å². The first kappa shape index (κ1) is 9.99. The van der Waals surface area contributed by atoms with Gasteiger partial charge in [0.1, 0.15) is 0 Å². The van der Waals surface area contributed by atoms with Gasteiger partial charge in [0, 0.05) is 17.8 Å². The molecule has 0 spiro atoms. The van der Waals surface area contributed by atoms with E-state index in [1.54, 1.807) is 12.4 Å². The Kier molecular flexibility index (Phi) is 3.71. The third kappa shape index (κ3) is 2.70. The van der Waals surface area contributed by atoms with Gasteiger partial charge in [0.25, 0.3) is 0 Å². The van der Waals surface area contributed by atoms with Crippen LogP contribution in [0.2, 0.25) is 0 Å². The van der Waals surface area contributed by atoms with Crippen molar-refractivity contribution < 1.29 is 5.11 Å². The SMILES string of the molecule is CCC(C)Nc1cnccc1CO. The van der Waals surface area contributed by atoms with Crippen LogP contribution in [0.1, 0.15) is 25.8 Å². The Balaban J connectivity index is 2.74. The van der Waals surface area contributed by atoms with Crippen molar-refractivity contribution in [3.63, 3.8) is 0 Å². The molecule has 0 aromatic carbocycles. The standard InChI is InChI=1S/C10H16N2O/c1-3-8(2)12-10-6-11-5-4-9(10)7-13/h4-6,8,12-13H,3,7H2,1-2H3. The third-order valence-corrected chi connectivity index (χ3v) is 2.10. The third-order valence-electron chi connectivity index (χ3n) is 2.10. The number of aromatic nitrogens is 1. The normalized spacial score (nSPS) is 12.5. The van der Waals surface area contributed by atoms with Gasteiger partial charge in [0.05, 0.1) is 18.5 Å². The average molecular weight is 180 g/mol. The Morgan fingerprint density at radius 3 is 3.00 bits per heavy atom. The number of rotatable bonds is 4. The van der Waals surface area contributed by atoms with Gasteiger partial charge in [-0.05, 0) is 19.4 Å². The highest BCUT2D eigenvalue weighted by molar-refractivity contribution is 5.49. The summed E-state index contributed by atoms with van der Waals surface area (Å²) in [5.41, 5.74) is 1.83. The van der Waals surface area contributed by atoms with Gasteiger partial charge >= 0.3 is 0 Å². The molecular weight excluding hydrogens is 164 g/mol. The highest BCUT2D eigenvalue weighted by Gasteiger charge is 2.03. The van der Waals surface area contributed by atoms with Crippen LogP contribution in [0.4, 0.5) is 5.69 Å². The maximum absolute atomic E-state index is 9.04. The van der Waals surface area contributed by atoms with E-state index in [2.05, 4.69) is 24.1 Å². The first-order valence-corrected chi connectivity index (χ1v) is 4.58. The fourth-order valence-electron chi connectivity index (χ4n) is 1.06. The summed E-state index contributed by atoms with van der Waals surface area (Å²) >= 11 is 0. The molecular formula is C10H16N2O. The lowest BCUT2D eigenvalue weighted by Gasteiger charge is -2.14. The smallest absolute Gasteiger partial charge is 0.0703 e. The van der Waals surface area contributed by atoms with Crippen LogP contribution in [0.15, 0.2) is 18.5 Å². The Morgan fingerprint density at radius 2 is 2.38 bits per heavy atom. The van der Waals surface area contributed by atoms with E-state index in [1.165, 1.54) is 0 Å². The summed E-state index contributed by atoms with van der Waals surface area (Å²) in [6.07, 6.45) is 4.49. The zero-order valence-corrected chi connectivity index (χ0v) is 8.12. The Morgan fingerprint density at radius 1 is 1.62 bits per heavy atom. The second kappa shape index (κ2) is 4.82. The molecule has 3 heteroatoms. The summed E-state index contributed by atoms with van der Waals surface area (Å²) in [6.45, 7) is 4.28. The van der Waals surface area contributed by atoms with Gasteiger partial charge in [-0.2, -0.15) is 0 Å². The molecule has 1 aromatic rings. The maximum Gasteiger partial charge on any atom is 0.0703 e. The molecule has 0 fully saturated rings. The summed E-state index contributed by atoms with van der Waals surface area (Å²) < 4.78 is 0. The van der Waals surface area contributed by atoms with Crippen molar-refractivity contribution in [2.45, 2.75) is 32.9 Å². The number of aliphatic hydroxyl groups excluding tert-OH is 1. The molecule has 0 aliphatic carbocycles. The summed E-state index contributed by atoms with van der Waals surface area (Å²) in [7, 11) is 0. The molecule has 72 valence electrons. The summed E-state index contributed by atoms with van der Waals surface area (Å²) in [5.74, 6) is 0. The van der Waals surface area contributed by atoms with Crippen LogP contribution in [-0.4, -0.2) is 16.1 Å². The zero-order chi connectivity index (χ0) is 9.68. The maximum atomic E-state index is 9.04. The van der Waals surface area contributed by atoms with E-state index in [-0.39, 0.29) is 6.61 Å². The largest absolute Gasteiger partial charge is 0.392 e. The van der Waals surface area contributed by atoms with E-state index in [0.29, 0.717) is 6.04 Å². The predicted molar refractivity (Wildman–Crippen MR) is 53.5 cm³/mol. The molecule has 0 bridgehead atoms. The molecule has 0 radical (unpaired) electrons. The molecule has 0 aliphatic heterocycles. The number of hydrogen-bond donors (Lipinski definition) is 2. The monoisotopic (exact) mass is 180 g/mol. The second-order valence-corrected chi connectivity index (χ2v) is 3.14. The Labute approximate surface area is 78.8 Å². The van der Waals surface area contributed by atoms with Crippen molar-refractivity contribution in [1.29, 1.82) is 0 Å². The summed E-state index contributed by atoms with van der Waals surface area (Å²) in [4.78, 5) is 4.01. The molecule has 1 unspecified atom stereocenters. The summed E-state index contributed by atoms with van der Waals surface area (Å²) in [6, 6.07) is 2.24. The minimum atomic E-state index is 0.0568. The molecule has 3 nitrogen and oxygen atoms in total. The van der Waals surface area contributed by atoms with Crippen molar-refractivity contribution in [3.05, 3.63) is 24.0 Å². The van der Waals surface area contributed by atoms with Gasteiger partial charge in [-0.15, -0.1) is 0 Å². The lowest BCUT2D eigenvalue weighted by Crippen LogP contribution is -2.14. The van der Waals surface area contributed by atoms with E-state index in [1.807, 2.05) is 6.07 Å². The van der Waals surface area contributed by atoms with Gasteiger partial charge in [0.15, 0.2) is 0 Å². The molecule has 0 amide bonds. The van der Waals surface area contributed by atoms with E-state index >= 15 is 0 Å². The number of anilines is 1. The van der Waals surface area contributed by atoms with E-state index < -0.39 is 0 Å². The number of hydrogen-bond acceptors (Lipinski definition) is 3. The zero-order valence-electron chi connectivity index (χ0n) is 8.12. The molecule has 1 rings (SSSR count). The van der Waals surface area contributed by atoms with Gasteiger partial charge in [-0.25, -0.2) is 0 Å². The first-order chi connectivity index (χ1) is 6.27. The van der Waals surface area contributed by atoms with Crippen molar-refractivity contribution in [2.75, 3.05) is 5.32 Å². The lowest BCUT2D eigenvalue weighted by atomic mass is 10.2. The van der Waals surface area contributed by atoms with E-state index in [9.17, 15) is 0 Å². The molecule has 2 N–H and O–H groups in total. The van der Waals surface area contributed by atoms with Crippen LogP contribution in [0.5, 0.6) is 0 Å². The molecule has 0 aliphatic rings. The quantitative estimate of drug-likeness (QED) is 0.742. The number of nitrogens with zero attached hydrogens (tertiary/aromatic N) is 1. The van der Waals surface area contributed by atoms with E-state index in [0.717, 1.165) is 17.7 Å². The Hall–Kier alpha value is -1.09. The van der Waals surface area contributed by atoms with Gasteiger partial charge < -0.3 is 10.4 Å². The van der Waals surface area contributed by atoms with Crippen LogP contribution in [-0.2, 0) is 6.61 Å². The highest BCUT2D eigenvalue weighted by Crippen LogP contribution is 2.14. The second-order valence-electron chi connectivity index (χ2n) is 3.14.